The van der Waals surface area contributed by atoms with Crippen LogP contribution >= 0.6 is 27.7 Å². The summed E-state index contributed by atoms with van der Waals surface area (Å²) in [5.74, 6) is 1.77. The molecule has 144 valence electrons. The number of carbonyl (C=O) groups excluding carboxylic acids is 1. The summed E-state index contributed by atoms with van der Waals surface area (Å²) in [4.78, 5) is 12.4. The Morgan fingerprint density at radius 2 is 2.15 bits per heavy atom. The van der Waals surface area contributed by atoms with Gasteiger partial charge in [0, 0.05) is 22.6 Å². The van der Waals surface area contributed by atoms with Crippen LogP contribution in [0, 0.1) is 6.92 Å². The first-order chi connectivity index (χ1) is 13.1. The van der Waals surface area contributed by atoms with Crippen molar-refractivity contribution in [3.63, 3.8) is 0 Å². The number of aryl methyl sites for hydroxylation is 1. The van der Waals surface area contributed by atoms with Crippen molar-refractivity contribution in [1.82, 2.24) is 14.8 Å². The zero-order chi connectivity index (χ0) is 19.2. The number of benzene rings is 1. The van der Waals surface area contributed by atoms with Crippen molar-refractivity contribution < 1.29 is 4.79 Å². The lowest BCUT2D eigenvalue weighted by Crippen LogP contribution is -2.16. The van der Waals surface area contributed by atoms with E-state index in [4.69, 9.17) is 0 Å². The summed E-state index contributed by atoms with van der Waals surface area (Å²) in [6.45, 7) is 6.51. The number of hydrogen-bond acceptors (Lipinski definition) is 4. The lowest BCUT2D eigenvalue weighted by molar-refractivity contribution is -0.113. The van der Waals surface area contributed by atoms with Crippen LogP contribution in [0.3, 0.4) is 0 Å². The Bertz CT molecular complexity index is 814. The number of amides is 1. The van der Waals surface area contributed by atoms with Gasteiger partial charge in [-0.3, -0.25) is 4.79 Å². The first kappa shape index (κ1) is 20.1. The van der Waals surface area contributed by atoms with Gasteiger partial charge in [-0.25, -0.2) is 0 Å². The third-order valence-corrected chi connectivity index (χ3v) is 6.28. The molecule has 1 aliphatic rings. The minimum Gasteiger partial charge on any atom is -0.325 e. The van der Waals surface area contributed by atoms with E-state index in [1.165, 1.54) is 43.9 Å². The van der Waals surface area contributed by atoms with Crippen LogP contribution < -0.4 is 5.32 Å². The largest absolute Gasteiger partial charge is 0.325 e. The number of halogens is 1. The van der Waals surface area contributed by atoms with Crippen molar-refractivity contribution in [2.24, 2.45) is 0 Å². The molecular formula is C20H25BrN4OS. The van der Waals surface area contributed by atoms with Crippen molar-refractivity contribution in [3.05, 3.63) is 46.7 Å². The third kappa shape index (κ3) is 5.23. The van der Waals surface area contributed by atoms with E-state index in [1.54, 1.807) is 0 Å². The number of anilines is 1. The minimum atomic E-state index is -0.0437. The molecule has 0 unspecified atom stereocenters. The summed E-state index contributed by atoms with van der Waals surface area (Å²) >= 11 is 4.87. The Hall–Kier alpha value is -1.60. The average Bonchev–Trinajstić information content (AvgIpc) is 3.06. The van der Waals surface area contributed by atoms with Gasteiger partial charge in [-0.05, 0) is 43.5 Å². The van der Waals surface area contributed by atoms with Crippen LogP contribution in [0.25, 0.3) is 0 Å². The number of allylic oxidation sites excluding steroid dienone is 1. The lowest BCUT2D eigenvalue weighted by atomic mass is 9.89. The highest BCUT2D eigenvalue weighted by molar-refractivity contribution is 9.10. The summed E-state index contributed by atoms with van der Waals surface area (Å²) in [7, 11) is 0. The van der Waals surface area contributed by atoms with E-state index in [0.717, 1.165) is 26.7 Å². The second kappa shape index (κ2) is 9.55. The summed E-state index contributed by atoms with van der Waals surface area (Å²) in [5.41, 5.74) is 1.86. The normalized spacial score (nSPS) is 14.9. The van der Waals surface area contributed by atoms with Gasteiger partial charge in [-0.15, -0.1) is 16.8 Å². The Kier molecular flexibility index (Phi) is 7.13. The van der Waals surface area contributed by atoms with Crippen LogP contribution in [0.15, 0.2) is 40.5 Å². The van der Waals surface area contributed by atoms with E-state index in [1.807, 2.05) is 31.2 Å². The van der Waals surface area contributed by atoms with Crippen molar-refractivity contribution in [3.8, 4) is 0 Å². The molecule has 1 fully saturated rings. The molecule has 0 spiro atoms. The maximum absolute atomic E-state index is 12.4. The fourth-order valence-corrected chi connectivity index (χ4v) is 4.68. The molecule has 0 saturated heterocycles. The average molecular weight is 449 g/mol. The zero-order valence-electron chi connectivity index (χ0n) is 15.6. The van der Waals surface area contributed by atoms with E-state index in [0.29, 0.717) is 18.2 Å². The Morgan fingerprint density at radius 1 is 1.37 bits per heavy atom. The van der Waals surface area contributed by atoms with Crippen LogP contribution in [0.5, 0.6) is 0 Å². The van der Waals surface area contributed by atoms with Crippen LogP contribution in [-0.4, -0.2) is 26.4 Å². The SMILES string of the molecule is C=CCn1c(SCC(=O)Nc2ccc(Br)cc2C)nnc1C1CCCCC1. The Morgan fingerprint density at radius 3 is 2.85 bits per heavy atom. The second-order valence-corrected chi connectivity index (χ2v) is 8.73. The van der Waals surface area contributed by atoms with E-state index in [9.17, 15) is 4.79 Å². The molecule has 27 heavy (non-hydrogen) atoms. The summed E-state index contributed by atoms with van der Waals surface area (Å²) in [5, 5.41) is 12.6. The molecule has 1 aromatic heterocycles. The monoisotopic (exact) mass is 448 g/mol. The second-order valence-electron chi connectivity index (χ2n) is 6.87. The van der Waals surface area contributed by atoms with E-state index < -0.39 is 0 Å². The number of aromatic nitrogens is 3. The molecular weight excluding hydrogens is 424 g/mol. The third-order valence-electron chi connectivity index (χ3n) is 4.82. The van der Waals surface area contributed by atoms with Gasteiger partial charge in [0.25, 0.3) is 0 Å². The standard InChI is InChI=1S/C20H25BrN4OS/c1-3-11-25-19(15-7-5-4-6-8-15)23-24-20(25)27-13-18(26)22-17-10-9-16(21)12-14(17)2/h3,9-10,12,15H,1,4-8,11,13H2,2H3,(H,22,26). The van der Waals surface area contributed by atoms with Crippen LogP contribution in [0.4, 0.5) is 5.69 Å². The van der Waals surface area contributed by atoms with E-state index in [2.05, 4.69) is 42.6 Å². The number of carbonyl (C=O) groups is 1. The van der Waals surface area contributed by atoms with Crippen LogP contribution in [0.2, 0.25) is 0 Å². The fraction of sp³-hybridized carbons (Fsp3) is 0.450. The highest BCUT2D eigenvalue weighted by atomic mass is 79.9. The summed E-state index contributed by atoms with van der Waals surface area (Å²) < 4.78 is 3.12. The van der Waals surface area contributed by atoms with E-state index in [-0.39, 0.29) is 5.91 Å². The number of nitrogens with zero attached hydrogens (tertiary/aromatic N) is 3. The van der Waals surface area contributed by atoms with Crippen molar-refractivity contribution in [1.29, 1.82) is 0 Å². The molecule has 1 saturated carbocycles. The zero-order valence-corrected chi connectivity index (χ0v) is 18.0. The highest BCUT2D eigenvalue weighted by Gasteiger charge is 2.23. The van der Waals surface area contributed by atoms with Gasteiger partial charge < -0.3 is 9.88 Å². The molecule has 0 bridgehead atoms. The number of hydrogen-bond donors (Lipinski definition) is 1. The smallest absolute Gasteiger partial charge is 0.234 e. The summed E-state index contributed by atoms with van der Waals surface area (Å²) in [6.07, 6.45) is 8.02. The molecule has 3 rings (SSSR count). The number of rotatable bonds is 7. The van der Waals surface area contributed by atoms with Crippen molar-refractivity contribution in [2.75, 3.05) is 11.1 Å². The topological polar surface area (TPSA) is 59.8 Å². The van der Waals surface area contributed by atoms with Gasteiger partial charge in [0.05, 0.1) is 5.75 Å². The quantitative estimate of drug-likeness (QED) is 0.460. The van der Waals surface area contributed by atoms with Gasteiger partial charge >= 0.3 is 0 Å². The van der Waals surface area contributed by atoms with Gasteiger partial charge in [0.1, 0.15) is 5.82 Å². The lowest BCUT2D eigenvalue weighted by Gasteiger charge is -2.21. The molecule has 1 N–H and O–H groups in total. The maximum Gasteiger partial charge on any atom is 0.234 e. The van der Waals surface area contributed by atoms with Crippen molar-refractivity contribution in [2.45, 2.75) is 56.6 Å². The minimum absolute atomic E-state index is 0.0437. The Balaban J connectivity index is 1.65. The molecule has 0 aliphatic heterocycles. The molecule has 0 radical (unpaired) electrons. The molecule has 1 heterocycles. The van der Waals surface area contributed by atoms with Gasteiger partial charge in [0.15, 0.2) is 5.16 Å². The molecule has 2 aromatic rings. The molecule has 1 aliphatic carbocycles. The first-order valence-electron chi connectivity index (χ1n) is 9.31. The molecule has 7 heteroatoms. The highest BCUT2D eigenvalue weighted by Crippen LogP contribution is 2.33. The van der Waals surface area contributed by atoms with Crippen LogP contribution in [0.1, 0.15) is 49.4 Å². The Labute approximate surface area is 173 Å². The summed E-state index contributed by atoms with van der Waals surface area (Å²) in [6, 6.07) is 5.82. The number of nitrogens with one attached hydrogen (secondary N) is 1. The molecule has 1 amide bonds. The predicted octanol–water partition coefficient (Wildman–Crippen LogP) is 5.31. The fourth-order valence-electron chi connectivity index (χ4n) is 3.45. The number of thioether (sulfide) groups is 1. The molecule has 5 nitrogen and oxygen atoms in total. The van der Waals surface area contributed by atoms with E-state index >= 15 is 0 Å². The molecule has 0 atom stereocenters. The van der Waals surface area contributed by atoms with Gasteiger partial charge in [-0.2, -0.15) is 0 Å². The molecule has 1 aromatic carbocycles. The van der Waals surface area contributed by atoms with Crippen molar-refractivity contribution >= 4 is 39.3 Å². The van der Waals surface area contributed by atoms with Crippen LogP contribution in [-0.2, 0) is 11.3 Å². The maximum atomic E-state index is 12.4. The van der Waals surface area contributed by atoms with Gasteiger partial charge in [0.2, 0.25) is 5.91 Å². The first-order valence-corrected chi connectivity index (χ1v) is 11.1. The predicted molar refractivity (Wildman–Crippen MR) is 114 cm³/mol. The van der Waals surface area contributed by atoms with Gasteiger partial charge in [-0.1, -0.05) is 53.0 Å².